The van der Waals surface area contributed by atoms with Crippen molar-refractivity contribution in [1.29, 1.82) is 0 Å². The predicted octanol–water partition coefficient (Wildman–Crippen LogP) is 2.48. The Morgan fingerprint density at radius 3 is 2.83 bits per heavy atom. The number of benzene rings is 1. The van der Waals surface area contributed by atoms with Crippen LogP contribution < -0.4 is 15.6 Å². The summed E-state index contributed by atoms with van der Waals surface area (Å²) in [4.78, 5) is 23.1. The monoisotopic (exact) mass is 334 g/mol. The van der Waals surface area contributed by atoms with Gasteiger partial charge in [0.15, 0.2) is 6.61 Å². The molecule has 2 rings (SSSR count). The molecule has 2 aromatic rings. The average molecular weight is 335 g/mol. The first kappa shape index (κ1) is 16.6. The van der Waals surface area contributed by atoms with Crippen LogP contribution in [0.5, 0.6) is 5.75 Å². The molecule has 0 aliphatic heterocycles. The molecule has 0 radical (unpaired) electrons. The summed E-state index contributed by atoms with van der Waals surface area (Å²) in [5.74, 6) is 0.0773. The topological polar surface area (TPSA) is 80.6 Å². The van der Waals surface area contributed by atoms with Gasteiger partial charge in [0, 0.05) is 11.1 Å². The number of carbonyl (C=O) groups excluding carboxylic acids is 2. The first-order chi connectivity index (χ1) is 11.0. The van der Waals surface area contributed by atoms with E-state index in [1.165, 1.54) is 18.4 Å². The third-order valence-electron chi connectivity index (χ3n) is 2.77. The predicted molar refractivity (Wildman–Crippen MR) is 85.7 cm³/mol. The Morgan fingerprint density at radius 1 is 1.30 bits per heavy atom. The lowest BCUT2D eigenvalue weighted by atomic mass is 10.2. The molecule has 0 aliphatic carbocycles. The molecular weight excluding hydrogens is 320 g/mol. The number of hydrazine groups is 1. The molecular formula is C16H15ClN2O4. The molecule has 0 fully saturated rings. The highest BCUT2D eigenvalue weighted by Gasteiger charge is 2.05. The van der Waals surface area contributed by atoms with Gasteiger partial charge in [-0.2, -0.15) is 0 Å². The first-order valence-electron chi connectivity index (χ1n) is 6.74. The maximum Gasteiger partial charge on any atom is 0.276 e. The van der Waals surface area contributed by atoms with E-state index in [2.05, 4.69) is 10.9 Å². The Hall–Kier alpha value is -2.73. The molecule has 0 bridgehead atoms. The standard InChI is InChI=1S/C16H15ClN2O4/c1-11-9-13(4-6-14(11)17)23-10-16(21)19-18-15(20)7-5-12-3-2-8-22-12/h2-9H,10H2,1H3,(H,18,20)(H,19,21). The molecule has 7 heteroatoms. The normalized spacial score (nSPS) is 10.5. The number of hydrogen-bond acceptors (Lipinski definition) is 4. The number of carbonyl (C=O) groups is 2. The van der Waals surface area contributed by atoms with Gasteiger partial charge in [-0.15, -0.1) is 0 Å². The van der Waals surface area contributed by atoms with Gasteiger partial charge < -0.3 is 9.15 Å². The van der Waals surface area contributed by atoms with Gasteiger partial charge in [0.1, 0.15) is 11.5 Å². The third-order valence-corrected chi connectivity index (χ3v) is 3.19. The number of ether oxygens (including phenoxy) is 1. The van der Waals surface area contributed by atoms with E-state index in [1.807, 2.05) is 6.92 Å². The van der Waals surface area contributed by atoms with E-state index in [-0.39, 0.29) is 6.61 Å². The number of hydrogen-bond donors (Lipinski definition) is 2. The zero-order valence-corrected chi connectivity index (χ0v) is 13.1. The van der Waals surface area contributed by atoms with E-state index in [4.69, 9.17) is 20.8 Å². The second kappa shape index (κ2) is 8.05. The maximum atomic E-state index is 11.6. The summed E-state index contributed by atoms with van der Waals surface area (Å²) >= 11 is 5.90. The fraction of sp³-hybridized carbons (Fsp3) is 0.125. The number of rotatable bonds is 5. The van der Waals surface area contributed by atoms with Crippen LogP contribution in [0.2, 0.25) is 5.02 Å². The van der Waals surface area contributed by atoms with Crippen LogP contribution in [0.4, 0.5) is 0 Å². The fourth-order valence-electron chi connectivity index (χ4n) is 1.61. The van der Waals surface area contributed by atoms with Crippen molar-refractivity contribution in [2.24, 2.45) is 0 Å². The van der Waals surface area contributed by atoms with Crippen molar-refractivity contribution in [3.05, 3.63) is 59.0 Å². The van der Waals surface area contributed by atoms with Crippen LogP contribution in [-0.4, -0.2) is 18.4 Å². The molecule has 1 aromatic carbocycles. The zero-order chi connectivity index (χ0) is 16.7. The molecule has 0 aliphatic rings. The molecule has 120 valence electrons. The second-order valence-electron chi connectivity index (χ2n) is 4.59. The summed E-state index contributed by atoms with van der Waals surface area (Å²) in [6.07, 6.45) is 4.21. The number of amides is 2. The Kier molecular flexibility index (Phi) is 5.82. The lowest BCUT2D eigenvalue weighted by molar-refractivity contribution is -0.128. The molecule has 0 saturated carbocycles. The van der Waals surface area contributed by atoms with Gasteiger partial charge in [-0.25, -0.2) is 0 Å². The molecule has 6 nitrogen and oxygen atoms in total. The zero-order valence-electron chi connectivity index (χ0n) is 12.3. The van der Waals surface area contributed by atoms with Crippen LogP contribution in [0, 0.1) is 6.92 Å². The SMILES string of the molecule is Cc1cc(OCC(=O)NNC(=O)C=Cc2ccco2)ccc1Cl. The minimum absolute atomic E-state index is 0.233. The van der Waals surface area contributed by atoms with Crippen LogP contribution >= 0.6 is 11.6 Å². The van der Waals surface area contributed by atoms with E-state index >= 15 is 0 Å². The molecule has 1 aromatic heterocycles. The van der Waals surface area contributed by atoms with Gasteiger partial charge in [0.25, 0.3) is 11.8 Å². The maximum absolute atomic E-state index is 11.6. The van der Waals surface area contributed by atoms with Gasteiger partial charge in [-0.1, -0.05) is 11.6 Å². The van der Waals surface area contributed by atoms with Crippen LogP contribution in [0.15, 0.2) is 47.1 Å². The summed E-state index contributed by atoms with van der Waals surface area (Å²) in [5, 5.41) is 0.623. The highest BCUT2D eigenvalue weighted by Crippen LogP contribution is 2.20. The number of nitrogens with one attached hydrogen (secondary N) is 2. The minimum atomic E-state index is -0.489. The van der Waals surface area contributed by atoms with Crippen LogP contribution in [0.25, 0.3) is 6.08 Å². The molecule has 0 saturated heterocycles. The van der Waals surface area contributed by atoms with Crippen LogP contribution in [0.3, 0.4) is 0 Å². The van der Waals surface area contributed by atoms with Crippen molar-refractivity contribution in [2.75, 3.05) is 6.61 Å². The largest absolute Gasteiger partial charge is 0.484 e. The van der Waals surface area contributed by atoms with Crippen molar-refractivity contribution in [2.45, 2.75) is 6.92 Å². The first-order valence-corrected chi connectivity index (χ1v) is 7.12. The van der Waals surface area contributed by atoms with Crippen LogP contribution in [0.1, 0.15) is 11.3 Å². The average Bonchev–Trinajstić information content (AvgIpc) is 3.05. The highest BCUT2D eigenvalue weighted by atomic mass is 35.5. The van der Waals surface area contributed by atoms with Crippen molar-refractivity contribution in [3.8, 4) is 5.75 Å². The molecule has 23 heavy (non-hydrogen) atoms. The Bertz CT molecular complexity index is 711. The molecule has 2 amide bonds. The Labute approximate surface area is 138 Å². The van der Waals surface area contributed by atoms with E-state index in [0.29, 0.717) is 16.5 Å². The van der Waals surface area contributed by atoms with Crippen molar-refractivity contribution in [3.63, 3.8) is 0 Å². The van der Waals surface area contributed by atoms with Crippen molar-refractivity contribution < 1.29 is 18.7 Å². The summed E-state index contributed by atoms with van der Waals surface area (Å²) < 4.78 is 10.3. The van der Waals surface area contributed by atoms with Gasteiger partial charge in [0.2, 0.25) is 0 Å². The van der Waals surface area contributed by atoms with E-state index < -0.39 is 11.8 Å². The molecule has 0 spiro atoms. The number of aryl methyl sites for hydroxylation is 1. The van der Waals surface area contributed by atoms with Gasteiger partial charge in [-0.3, -0.25) is 20.4 Å². The molecule has 1 heterocycles. The molecule has 2 N–H and O–H groups in total. The lowest BCUT2D eigenvalue weighted by Gasteiger charge is -2.08. The van der Waals surface area contributed by atoms with Crippen LogP contribution in [-0.2, 0) is 9.59 Å². The van der Waals surface area contributed by atoms with Crippen molar-refractivity contribution in [1.82, 2.24) is 10.9 Å². The van der Waals surface area contributed by atoms with Gasteiger partial charge >= 0.3 is 0 Å². The highest BCUT2D eigenvalue weighted by molar-refractivity contribution is 6.31. The second-order valence-corrected chi connectivity index (χ2v) is 4.99. The summed E-state index contributed by atoms with van der Waals surface area (Å²) in [6, 6.07) is 8.47. The van der Waals surface area contributed by atoms with E-state index in [0.717, 1.165) is 5.56 Å². The third kappa shape index (κ3) is 5.52. The Balaban J connectivity index is 1.72. The van der Waals surface area contributed by atoms with Gasteiger partial charge in [0.05, 0.1) is 6.26 Å². The van der Waals surface area contributed by atoms with E-state index in [1.54, 1.807) is 30.3 Å². The molecule has 0 atom stereocenters. The summed E-state index contributed by atoms with van der Waals surface area (Å²) in [6.45, 7) is 1.60. The van der Waals surface area contributed by atoms with Gasteiger partial charge in [-0.05, 0) is 48.9 Å². The number of halogens is 1. The lowest BCUT2D eigenvalue weighted by Crippen LogP contribution is -2.43. The minimum Gasteiger partial charge on any atom is -0.484 e. The van der Waals surface area contributed by atoms with Crippen molar-refractivity contribution >= 4 is 29.5 Å². The quantitative estimate of drug-likeness (QED) is 0.650. The number of furan rings is 1. The van der Waals surface area contributed by atoms with E-state index in [9.17, 15) is 9.59 Å². The smallest absolute Gasteiger partial charge is 0.276 e. The fourth-order valence-corrected chi connectivity index (χ4v) is 1.73. The molecule has 0 unspecified atom stereocenters. The Morgan fingerprint density at radius 2 is 2.13 bits per heavy atom. The summed E-state index contributed by atoms with van der Waals surface area (Å²) in [5.41, 5.74) is 5.32. The summed E-state index contributed by atoms with van der Waals surface area (Å²) in [7, 11) is 0.